The first-order valence-electron chi connectivity index (χ1n) is 41.1. The fourth-order valence-electron chi connectivity index (χ4n) is 12.8. The summed E-state index contributed by atoms with van der Waals surface area (Å²) in [4.78, 5) is 192. The van der Waals surface area contributed by atoms with Crippen LogP contribution in [0.15, 0.2) is 213 Å². The van der Waals surface area contributed by atoms with Crippen LogP contribution in [0.3, 0.4) is 0 Å². The molecule has 0 amide bonds. The number of carbonyl (C=O) groups excluding carboxylic acids is 5. The highest BCUT2D eigenvalue weighted by Crippen LogP contribution is 2.40. The maximum Gasteiger partial charge on any atom is 0.356 e. The quantitative estimate of drug-likeness (QED) is 0.0221. The van der Waals surface area contributed by atoms with Crippen molar-refractivity contribution in [2.75, 3.05) is 57.3 Å². The summed E-state index contributed by atoms with van der Waals surface area (Å²) >= 11 is 0. The molecule has 0 bridgehead atoms. The highest BCUT2D eigenvalue weighted by atomic mass is 16.4. The minimum Gasteiger partial charge on any atom is -0.478 e. The molecule has 0 saturated carbocycles. The first-order chi connectivity index (χ1) is 67.7. The zero-order chi connectivity index (χ0) is 102. The van der Waals surface area contributed by atoms with Crippen LogP contribution in [0.4, 0.5) is 58.0 Å². The number of hydrogen-bond donors (Lipinski definition) is 15. The number of aromatic nitrogens is 23. The van der Waals surface area contributed by atoms with Crippen molar-refractivity contribution in [1.82, 2.24) is 115 Å². The van der Waals surface area contributed by atoms with Crippen LogP contribution in [-0.2, 0) is 0 Å². The molecule has 0 radical (unpaired) electrons. The van der Waals surface area contributed by atoms with Crippen LogP contribution in [0.5, 0.6) is 0 Å². The number of nitrogen functional groups attached to an aromatic ring is 10. The molecule has 12 heterocycles. The number of aromatic carboxylic acids is 5. The third-order valence-corrected chi connectivity index (χ3v) is 19.9. The fourth-order valence-corrected chi connectivity index (χ4v) is 12.8. The van der Waals surface area contributed by atoms with Gasteiger partial charge in [0.2, 0.25) is 5.82 Å². The Kier molecular flexibility index (Phi) is 29.6. The molecule has 0 atom stereocenters. The number of Topliss-reactive ketones (excluding diaryl/α,β-unsaturated/α-hetero) is 5. The summed E-state index contributed by atoms with van der Waals surface area (Å²) in [5, 5.41) is 61.1. The van der Waals surface area contributed by atoms with Crippen molar-refractivity contribution in [3.8, 4) is 136 Å². The number of ketones is 5. The Morgan fingerprint density at radius 3 is 0.965 bits per heavy atom. The van der Waals surface area contributed by atoms with E-state index in [1.807, 2.05) is 12.1 Å². The van der Waals surface area contributed by atoms with E-state index in [0.29, 0.717) is 107 Å². The molecule has 0 saturated heterocycles. The van der Waals surface area contributed by atoms with Gasteiger partial charge in [0.25, 0.3) is 0 Å². The lowest BCUT2D eigenvalue weighted by Gasteiger charge is -2.15. The maximum absolute atomic E-state index is 11.8. The smallest absolute Gasteiger partial charge is 0.356 e. The summed E-state index contributed by atoms with van der Waals surface area (Å²) in [6.07, 6.45) is 11.8. The first kappa shape index (κ1) is 98.3. The van der Waals surface area contributed by atoms with Gasteiger partial charge >= 0.3 is 29.8 Å². The third-order valence-electron chi connectivity index (χ3n) is 19.9. The van der Waals surface area contributed by atoms with Crippen molar-refractivity contribution in [2.24, 2.45) is 0 Å². The largest absolute Gasteiger partial charge is 0.478 e. The molecule has 17 aromatic rings. The average Bonchev–Trinajstić information content (AvgIpc) is 0.758. The van der Waals surface area contributed by atoms with Crippen LogP contribution in [0.2, 0.25) is 0 Å². The summed E-state index contributed by atoms with van der Waals surface area (Å²) in [5.74, 6) is -5.40. The van der Waals surface area contributed by atoms with Gasteiger partial charge in [-0.1, -0.05) is 84.9 Å². The molecule has 0 unspecified atom stereocenters. The van der Waals surface area contributed by atoms with Gasteiger partial charge in [-0.2, -0.15) is 0 Å². The SMILES string of the molecule is CC(=O)c1ccc(-c2nc(-c3ccc(N)cc3)c(-c3ccc(C(=O)O)cc3)nc2-c2ncc(N)nn2)cc1.CC(=O)c1ccc(-c2nc(N)c(-c3ccc(C(=O)O)cc3)nc2-c2ccc(N)nn2)cc1.CC(=O)c1nc(N)c(-c2ccc(C(=O)O)nc2)nc1N.CC(=O)c1ncc(-c2nc(N)c(-c3ccc(C(=O)O)cn3)nc2N)cn1.CC(=O)c1ncc(-c2nc(N)c(-c3cnc(C(=O)O)cn3)nc2N)cn1. The molecule has 48 heteroatoms. The van der Waals surface area contributed by atoms with E-state index >= 15 is 0 Å². The molecular weight excluding hydrogens is 1830 g/mol. The average molecular weight is 1910 g/mol. The standard InChI is InChI=1S/C28H21N7O3.C23H18N6O3.C16H13N7O3.C15H12N8O3.C12H11N5O3/c1-15(36)16-2-4-18(5-3-16)25-26(27-31-14-22(30)34-35-27)33-24(17-6-8-20(9-7-17)28(37)38)23(32-25)19-10-12-21(29)13-11-19;1-12(30)13-2-4-14(5-3-13)19-21(17-10-11-18(24)29-28-17)26-20(22(25)27-19)15-6-8-16(9-7-15)23(31)32;1-7(24)15-20-5-9(6-21-15)11-13(17)23-12(14(18)22-11)10-3-2-8(4-19-10)16(25)26;1-6(24)14-20-2-7(3-21-14)10-12(16)23-11(13(17)22-10)8-4-19-9(5-18-8)15(25)26;1-5(18)8-10(13)17-9(11(14)16-8)6-2-3-7(12(19)20)15-4-6/h2-14H,29H2,1H3,(H2,30,34)(H,37,38);2-11H,1H3,(H2,24,29)(H2,25,27)(H,31,32);2-6H,1H3,(H2,17,23)(H2,18,22)(H,25,26);2-5H,1H3,(H2,16,23)(H2,17,22)(H,25,26);2-4H,1H3,(H2,13,17)(H2,14,16)(H,19,20). The maximum atomic E-state index is 11.8. The number of benzene rings is 5. The molecule has 0 fully saturated rings. The highest BCUT2D eigenvalue weighted by molar-refractivity contribution is 6.00. The van der Waals surface area contributed by atoms with Gasteiger partial charge in [0, 0.05) is 119 Å². The van der Waals surface area contributed by atoms with Gasteiger partial charge in [-0.3, -0.25) is 33.9 Å². The van der Waals surface area contributed by atoms with Crippen molar-refractivity contribution < 1.29 is 73.5 Å². The van der Waals surface area contributed by atoms with E-state index in [4.69, 9.17) is 92.7 Å². The van der Waals surface area contributed by atoms with Gasteiger partial charge in [0.1, 0.15) is 79.8 Å². The second-order valence-electron chi connectivity index (χ2n) is 29.9. The number of carboxylic acid groups (broad SMARTS) is 5. The molecular formula is C94H75N33O15. The molecule has 0 aliphatic heterocycles. The zero-order valence-electron chi connectivity index (χ0n) is 74.6. The number of carboxylic acids is 5. The Bertz CT molecular complexity index is 7310. The molecule has 0 aliphatic carbocycles. The lowest BCUT2D eigenvalue weighted by molar-refractivity contribution is 0.0679. The van der Waals surface area contributed by atoms with Crippen molar-refractivity contribution in [3.05, 3.63) is 270 Å². The van der Waals surface area contributed by atoms with Crippen LogP contribution in [-0.4, -0.2) is 199 Å². The molecule has 5 aromatic carbocycles. The third kappa shape index (κ3) is 23.2. The zero-order valence-corrected chi connectivity index (χ0v) is 74.6. The van der Waals surface area contributed by atoms with Gasteiger partial charge in [0.15, 0.2) is 98.5 Å². The summed E-state index contributed by atoms with van der Waals surface area (Å²) in [5.41, 5.74) is 70.3. The van der Waals surface area contributed by atoms with Gasteiger partial charge in [0.05, 0.1) is 52.4 Å². The van der Waals surface area contributed by atoms with Crippen LogP contribution in [0.1, 0.15) is 139 Å². The molecule has 706 valence electrons. The number of anilines is 10. The summed E-state index contributed by atoms with van der Waals surface area (Å²) in [6.45, 7) is 7.01. The summed E-state index contributed by atoms with van der Waals surface area (Å²) in [6, 6.07) is 42.5. The molecule has 0 spiro atoms. The predicted molar refractivity (Wildman–Crippen MR) is 516 cm³/mol. The second-order valence-corrected chi connectivity index (χ2v) is 29.9. The van der Waals surface area contributed by atoms with E-state index in [1.165, 1.54) is 133 Å². The van der Waals surface area contributed by atoms with Gasteiger partial charge in [-0.05, 0) is 86.6 Å². The monoisotopic (exact) mass is 1910 g/mol. The highest BCUT2D eigenvalue weighted by Gasteiger charge is 2.27. The van der Waals surface area contributed by atoms with E-state index in [-0.39, 0.29) is 167 Å². The predicted octanol–water partition coefficient (Wildman–Crippen LogP) is 9.85. The number of nitrogens with two attached hydrogens (primary N) is 10. The van der Waals surface area contributed by atoms with Crippen LogP contribution in [0, 0.1) is 0 Å². The Balaban J connectivity index is 0.000000151. The van der Waals surface area contributed by atoms with Crippen molar-refractivity contribution in [2.45, 2.75) is 34.6 Å². The van der Waals surface area contributed by atoms with Crippen LogP contribution in [0.25, 0.3) is 136 Å². The molecule has 0 aliphatic rings. The minimum absolute atomic E-state index is 0.00126. The number of pyridine rings is 2. The Labute approximate surface area is 799 Å². The van der Waals surface area contributed by atoms with Crippen LogP contribution < -0.4 is 57.3 Å². The van der Waals surface area contributed by atoms with E-state index < -0.39 is 29.8 Å². The summed E-state index contributed by atoms with van der Waals surface area (Å²) < 4.78 is 0. The molecule has 12 aromatic heterocycles. The van der Waals surface area contributed by atoms with Crippen LogP contribution >= 0.6 is 0 Å². The normalized spacial score (nSPS) is 10.6. The lowest BCUT2D eigenvalue weighted by Crippen LogP contribution is -2.10. The number of hydrogen-bond acceptors (Lipinski definition) is 43. The number of rotatable bonds is 22. The van der Waals surface area contributed by atoms with E-state index in [9.17, 15) is 53.1 Å². The van der Waals surface area contributed by atoms with E-state index in [2.05, 4.69) is 100 Å². The van der Waals surface area contributed by atoms with Crippen molar-refractivity contribution in [1.29, 1.82) is 0 Å². The molecule has 25 N–H and O–H groups in total. The Hall–Kier alpha value is -21.2. The van der Waals surface area contributed by atoms with Gasteiger partial charge in [-0.15, -0.1) is 20.4 Å². The van der Waals surface area contributed by atoms with E-state index in [0.717, 1.165) is 11.8 Å². The molecule has 17 rings (SSSR count). The Morgan fingerprint density at radius 1 is 0.211 bits per heavy atom. The molecule has 142 heavy (non-hydrogen) atoms. The lowest BCUT2D eigenvalue weighted by atomic mass is 10.00. The summed E-state index contributed by atoms with van der Waals surface area (Å²) in [7, 11) is 0. The Morgan fingerprint density at radius 2 is 0.563 bits per heavy atom. The first-order valence-corrected chi connectivity index (χ1v) is 41.1. The topological polar surface area (TPSA) is 829 Å². The van der Waals surface area contributed by atoms with Crippen molar-refractivity contribution in [3.63, 3.8) is 0 Å². The fraction of sp³-hybridized carbons (Fsp3) is 0.0532. The second kappa shape index (κ2) is 42.8. The number of carbonyl (C=O) groups is 10. The van der Waals surface area contributed by atoms with E-state index in [1.54, 1.807) is 97.1 Å². The van der Waals surface area contributed by atoms with Gasteiger partial charge < -0.3 is 82.9 Å². The van der Waals surface area contributed by atoms with Gasteiger partial charge in [-0.25, -0.2) is 109 Å². The number of nitrogens with zero attached hydrogens (tertiary/aromatic N) is 23. The van der Waals surface area contributed by atoms with Crippen molar-refractivity contribution >= 4 is 117 Å². The molecule has 48 nitrogen and oxygen atoms in total. The minimum atomic E-state index is -1.20.